The Kier molecular flexibility index (Phi) is 8.33. The predicted molar refractivity (Wildman–Crippen MR) is 131 cm³/mol. The summed E-state index contributed by atoms with van der Waals surface area (Å²) in [6.07, 6.45) is 3.16. The summed E-state index contributed by atoms with van der Waals surface area (Å²) < 4.78 is 22.4. The maximum absolute atomic E-state index is 14.6. The number of pyridine rings is 1. The van der Waals surface area contributed by atoms with Crippen LogP contribution in [0.15, 0.2) is 41.3 Å². The molecule has 8 heteroatoms. The number of aromatic nitrogens is 1. The van der Waals surface area contributed by atoms with E-state index in [1.54, 1.807) is 28.8 Å². The van der Waals surface area contributed by atoms with Crippen LogP contribution in [0.1, 0.15) is 67.6 Å². The summed E-state index contributed by atoms with van der Waals surface area (Å²) in [5, 5.41) is 19.5. The SMILES string of the molecule is CCC[C@@H](CCO)n1cc(C(=O)O)c(=O)c2cc(Cc3cccc(Cl)c3F)c(OC(C)C)cc21. The molecule has 0 saturated carbocycles. The Hall–Kier alpha value is -2.90. The molecule has 2 N–H and O–H groups in total. The molecular formula is C26H29ClFNO5. The van der Waals surface area contributed by atoms with E-state index in [0.717, 1.165) is 6.42 Å². The van der Waals surface area contributed by atoms with Crippen LogP contribution in [0.25, 0.3) is 10.9 Å². The number of aliphatic hydroxyl groups is 1. The van der Waals surface area contributed by atoms with Gasteiger partial charge in [-0.3, -0.25) is 4.79 Å². The van der Waals surface area contributed by atoms with Crippen molar-refractivity contribution in [3.63, 3.8) is 0 Å². The van der Waals surface area contributed by atoms with Crippen LogP contribution >= 0.6 is 11.6 Å². The lowest BCUT2D eigenvalue weighted by Crippen LogP contribution is -2.22. The van der Waals surface area contributed by atoms with Gasteiger partial charge >= 0.3 is 5.97 Å². The Bertz CT molecular complexity index is 1250. The molecule has 1 atom stereocenters. The van der Waals surface area contributed by atoms with Crippen molar-refractivity contribution >= 4 is 28.5 Å². The highest BCUT2D eigenvalue weighted by molar-refractivity contribution is 6.30. The van der Waals surface area contributed by atoms with Gasteiger partial charge in [-0.1, -0.05) is 37.1 Å². The number of hydrogen-bond donors (Lipinski definition) is 2. The molecule has 34 heavy (non-hydrogen) atoms. The van der Waals surface area contributed by atoms with Crippen molar-refractivity contribution in [2.45, 2.75) is 58.6 Å². The summed E-state index contributed by atoms with van der Waals surface area (Å²) in [5.74, 6) is -1.41. The molecule has 2 aromatic carbocycles. The van der Waals surface area contributed by atoms with Crippen LogP contribution in [0, 0.1) is 5.82 Å². The highest BCUT2D eigenvalue weighted by Gasteiger charge is 2.22. The van der Waals surface area contributed by atoms with E-state index in [-0.39, 0.29) is 41.1 Å². The second kappa shape index (κ2) is 11.0. The fourth-order valence-corrected chi connectivity index (χ4v) is 4.37. The van der Waals surface area contributed by atoms with Crippen LogP contribution in [0.5, 0.6) is 5.75 Å². The second-order valence-corrected chi connectivity index (χ2v) is 8.98. The molecule has 3 aromatic rings. The van der Waals surface area contributed by atoms with E-state index in [4.69, 9.17) is 16.3 Å². The zero-order chi connectivity index (χ0) is 25.0. The zero-order valence-electron chi connectivity index (χ0n) is 19.5. The molecule has 0 radical (unpaired) electrons. The van der Waals surface area contributed by atoms with Crippen molar-refractivity contribution in [3.8, 4) is 5.75 Å². The van der Waals surface area contributed by atoms with Gasteiger partial charge < -0.3 is 19.5 Å². The van der Waals surface area contributed by atoms with Crippen LogP contribution in [-0.2, 0) is 6.42 Å². The van der Waals surface area contributed by atoms with Gasteiger partial charge in [-0.05, 0) is 49.9 Å². The monoisotopic (exact) mass is 489 g/mol. The number of aromatic carboxylic acids is 1. The third-order valence-electron chi connectivity index (χ3n) is 5.70. The number of nitrogens with zero attached hydrogens (tertiary/aromatic N) is 1. The Morgan fingerprint density at radius 3 is 2.56 bits per heavy atom. The van der Waals surface area contributed by atoms with Crippen LogP contribution in [0.2, 0.25) is 5.02 Å². The quantitative estimate of drug-likeness (QED) is 0.387. The smallest absolute Gasteiger partial charge is 0.341 e. The van der Waals surface area contributed by atoms with Crippen LogP contribution in [0.4, 0.5) is 4.39 Å². The van der Waals surface area contributed by atoms with Crippen molar-refractivity contribution in [1.29, 1.82) is 0 Å². The van der Waals surface area contributed by atoms with Crippen molar-refractivity contribution in [1.82, 2.24) is 4.57 Å². The number of halogens is 2. The summed E-state index contributed by atoms with van der Waals surface area (Å²) in [6, 6.07) is 7.79. The number of hydrogen-bond acceptors (Lipinski definition) is 4. The number of rotatable bonds is 10. The maximum Gasteiger partial charge on any atom is 0.341 e. The number of carbonyl (C=O) groups is 1. The van der Waals surface area contributed by atoms with Gasteiger partial charge in [0.15, 0.2) is 0 Å². The lowest BCUT2D eigenvalue weighted by atomic mass is 9.99. The van der Waals surface area contributed by atoms with Gasteiger partial charge in [-0.15, -0.1) is 0 Å². The van der Waals surface area contributed by atoms with Crippen LogP contribution in [0.3, 0.4) is 0 Å². The molecule has 0 spiro atoms. The predicted octanol–water partition coefficient (Wildman–Crippen LogP) is 5.59. The van der Waals surface area contributed by atoms with Gasteiger partial charge in [0, 0.05) is 36.7 Å². The molecule has 1 heterocycles. The fourth-order valence-electron chi connectivity index (χ4n) is 4.17. The van der Waals surface area contributed by atoms with Gasteiger partial charge in [0.1, 0.15) is 17.1 Å². The van der Waals surface area contributed by atoms with Crippen LogP contribution in [-0.4, -0.2) is 33.5 Å². The number of ether oxygens (including phenoxy) is 1. The summed E-state index contributed by atoms with van der Waals surface area (Å²) in [7, 11) is 0. The zero-order valence-corrected chi connectivity index (χ0v) is 20.2. The molecular weight excluding hydrogens is 461 g/mol. The Balaban J connectivity index is 2.33. The second-order valence-electron chi connectivity index (χ2n) is 8.57. The van der Waals surface area contributed by atoms with E-state index in [1.807, 2.05) is 20.8 Å². The van der Waals surface area contributed by atoms with Gasteiger partial charge in [-0.25, -0.2) is 9.18 Å². The molecule has 0 amide bonds. The Morgan fingerprint density at radius 2 is 1.94 bits per heavy atom. The number of carboxylic acid groups (broad SMARTS) is 1. The third-order valence-corrected chi connectivity index (χ3v) is 5.99. The summed E-state index contributed by atoms with van der Waals surface area (Å²) in [6.45, 7) is 5.64. The van der Waals surface area contributed by atoms with Crippen molar-refractivity contribution in [2.24, 2.45) is 0 Å². The molecule has 0 fully saturated rings. The van der Waals surface area contributed by atoms with Gasteiger partial charge in [0.2, 0.25) is 5.43 Å². The Morgan fingerprint density at radius 1 is 1.21 bits per heavy atom. The first kappa shape index (κ1) is 25.7. The average molecular weight is 490 g/mol. The maximum atomic E-state index is 14.6. The molecule has 0 aliphatic heterocycles. The fraction of sp³-hybridized carbons (Fsp3) is 0.385. The molecule has 3 rings (SSSR count). The molecule has 1 aromatic heterocycles. The van der Waals surface area contributed by atoms with E-state index in [2.05, 4.69) is 0 Å². The van der Waals surface area contributed by atoms with E-state index in [0.29, 0.717) is 35.2 Å². The summed E-state index contributed by atoms with van der Waals surface area (Å²) >= 11 is 5.95. The largest absolute Gasteiger partial charge is 0.491 e. The van der Waals surface area contributed by atoms with E-state index in [9.17, 15) is 24.2 Å². The van der Waals surface area contributed by atoms with E-state index >= 15 is 0 Å². The average Bonchev–Trinajstić information content (AvgIpc) is 2.77. The summed E-state index contributed by atoms with van der Waals surface area (Å²) in [4.78, 5) is 25.0. The van der Waals surface area contributed by atoms with Crippen molar-refractivity contribution in [3.05, 3.63) is 74.3 Å². The first-order valence-corrected chi connectivity index (χ1v) is 11.7. The van der Waals surface area contributed by atoms with Gasteiger partial charge in [-0.2, -0.15) is 0 Å². The van der Waals surface area contributed by atoms with Crippen molar-refractivity contribution in [2.75, 3.05) is 6.61 Å². The third kappa shape index (κ3) is 5.42. The number of benzene rings is 2. The normalized spacial score (nSPS) is 12.3. The van der Waals surface area contributed by atoms with Crippen LogP contribution < -0.4 is 10.2 Å². The van der Waals surface area contributed by atoms with Gasteiger partial charge in [0.25, 0.3) is 0 Å². The number of carboxylic acids is 1. The molecule has 0 aliphatic carbocycles. The number of fused-ring (bicyclic) bond motifs is 1. The van der Waals surface area contributed by atoms with Gasteiger partial charge in [0.05, 0.1) is 16.6 Å². The van der Waals surface area contributed by atoms with E-state index < -0.39 is 17.2 Å². The minimum Gasteiger partial charge on any atom is -0.491 e. The molecule has 6 nitrogen and oxygen atoms in total. The highest BCUT2D eigenvalue weighted by atomic mass is 35.5. The van der Waals surface area contributed by atoms with Crippen molar-refractivity contribution < 1.29 is 24.1 Å². The Labute approximate surface area is 202 Å². The minimum absolute atomic E-state index is 0.00783. The first-order valence-electron chi connectivity index (χ1n) is 11.3. The highest BCUT2D eigenvalue weighted by Crippen LogP contribution is 2.32. The standard InChI is InChI=1S/C26H29ClFNO5/c1-4-6-18(9-10-30)29-14-20(26(32)33)25(31)19-12-17(23(13-22(19)29)34-15(2)3)11-16-7-5-8-21(27)24(16)28/h5,7-8,12-15,18,30H,4,6,9-11H2,1-3H3,(H,32,33)/t18-/m0/s1. The molecule has 0 bridgehead atoms. The topological polar surface area (TPSA) is 88.8 Å². The lowest BCUT2D eigenvalue weighted by Gasteiger charge is -2.24. The minimum atomic E-state index is -1.33. The molecule has 0 aliphatic rings. The van der Waals surface area contributed by atoms with E-state index in [1.165, 1.54) is 12.3 Å². The lowest BCUT2D eigenvalue weighted by molar-refractivity contribution is 0.0694. The number of aliphatic hydroxyl groups excluding tert-OH is 1. The molecule has 0 unspecified atom stereocenters. The molecule has 0 saturated heterocycles. The summed E-state index contributed by atoms with van der Waals surface area (Å²) in [5.41, 5.74) is 0.404. The first-order chi connectivity index (χ1) is 16.2. The molecule has 182 valence electrons.